The van der Waals surface area contributed by atoms with E-state index >= 15 is 0 Å². The van der Waals surface area contributed by atoms with Gasteiger partial charge in [0.05, 0.1) is 11.4 Å². The van der Waals surface area contributed by atoms with Crippen LogP contribution >= 0.6 is 11.3 Å². The van der Waals surface area contributed by atoms with Crippen LogP contribution < -0.4 is 10.6 Å². The minimum Gasteiger partial charge on any atom is -0.356 e. The van der Waals surface area contributed by atoms with E-state index in [0.29, 0.717) is 19.5 Å². The van der Waals surface area contributed by atoms with Gasteiger partial charge in [0.15, 0.2) is 4.96 Å². The van der Waals surface area contributed by atoms with Gasteiger partial charge < -0.3 is 10.6 Å². The second-order valence-electron chi connectivity index (χ2n) is 4.08. The second kappa shape index (κ2) is 5.97. The smallest absolute Gasteiger partial charge is 0.221 e. The van der Waals surface area contributed by atoms with Gasteiger partial charge in [0.2, 0.25) is 5.91 Å². The molecule has 2 aromatic rings. The topological polar surface area (TPSA) is 58.4 Å². The van der Waals surface area contributed by atoms with Gasteiger partial charge in [-0.25, -0.2) is 4.98 Å². The highest BCUT2D eigenvalue weighted by Gasteiger charge is 2.08. The average Bonchev–Trinajstić information content (AvgIpc) is 2.87. The number of rotatable bonds is 6. The van der Waals surface area contributed by atoms with E-state index in [1.54, 1.807) is 11.3 Å². The molecule has 2 aromatic heterocycles. The normalized spacial score (nSPS) is 11.0. The van der Waals surface area contributed by atoms with E-state index in [-0.39, 0.29) is 5.91 Å². The van der Waals surface area contributed by atoms with Crippen LogP contribution in [0.3, 0.4) is 0 Å². The van der Waals surface area contributed by atoms with Crippen molar-refractivity contribution in [2.75, 3.05) is 13.1 Å². The summed E-state index contributed by atoms with van der Waals surface area (Å²) in [5.74, 6) is 0.0932. The van der Waals surface area contributed by atoms with Crippen molar-refractivity contribution in [3.63, 3.8) is 0 Å². The molecule has 2 N–H and O–H groups in total. The third-order valence-corrected chi connectivity index (χ3v) is 3.51. The van der Waals surface area contributed by atoms with Gasteiger partial charge in [-0.2, -0.15) is 0 Å². The first kappa shape index (κ1) is 13.0. The summed E-state index contributed by atoms with van der Waals surface area (Å²) in [5.41, 5.74) is 2.22. The molecule has 5 nitrogen and oxygen atoms in total. The van der Waals surface area contributed by atoms with Gasteiger partial charge in [0, 0.05) is 37.6 Å². The number of thiazole rings is 1. The number of nitrogens with one attached hydrogen (secondary N) is 2. The Balaban J connectivity index is 1.85. The minimum atomic E-state index is 0.0932. The van der Waals surface area contributed by atoms with E-state index in [1.807, 2.05) is 25.4 Å². The summed E-state index contributed by atoms with van der Waals surface area (Å²) in [4.78, 5) is 16.8. The Morgan fingerprint density at radius 3 is 3.17 bits per heavy atom. The standard InChI is InChI=1S/C12H18N4OS/c1-3-14-11(17)4-5-13-8-10-9(2)15-12-16(10)6-7-18-12/h6-7,13H,3-5,8H2,1-2H3,(H,14,17). The van der Waals surface area contributed by atoms with Crippen LogP contribution in [0.2, 0.25) is 0 Å². The molecule has 1 amide bonds. The lowest BCUT2D eigenvalue weighted by atomic mass is 10.3. The van der Waals surface area contributed by atoms with Gasteiger partial charge in [-0.1, -0.05) is 0 Å². The number of carbonyl (C=O) groups is 1. The Kier molecular flexibility index (Phi) is 4.33. The summed E-state index contributed by atoms with van der Waals surface area (Å²) in [6.07, 6.45) is 2.54. The molecule has 98 valence electrons. The van der Waals surface area contributed by atoms with Gasteiger partial charge in [-0.3, -0.25) is 9.20 Å². The van der Waals surface area contributed by atoms with Crippen molar-refractivity contribution in [2.45, 2.75) is 26.8 Å². The molecule has 0 unspecified atom stereocenters. The first-order valence-electron chi connectivity index (χ1n) is 6.10. The predicted molar refractivity (Wildman–Crippen MR) is 72.8 cm³/mol. The number of aryl methyl sites for hydroxylation is 1. The number of hydrogen-bond acceptors (Lipinski definition) is 4. The number of hydrogen-bond donors (Lipinski definition) is 2. The Bertz CT molecular complexity index is 531. The molecule has 0 aromatic carbocycles. The highest BCUT2D eigenvalue weighted by atomic mass is 32.1. The van der Waals surface area contributed by atoms with Crippen molar-refractivity contribution in [3.05, 3.63) is 23.0 Å². The summed E-state index contributed by atoms with van der Waals surface area (Å²) < 4.78 is 2.10. The van der Waals surface area contributed by atoms with Gasteiger partial charge in [-0.15, -0.1) is 11.3 Å². The highest BCUT2D eigenvalue weighted by molar-refractivity contribution is 7.15. The Labute approximate surface area is 110 Å². The van der Waals surface area contributed by atoms with Crippen molar-refractivity contribution in [1.82, 2.24) is 20.0 Å². The van der Waals surface area contributed by atoms with E-state index in [1.165, 1.54) is 5.69 Å². The van der Waals surface area contributed by atoms with Crippen LogP contribution in [0.1, 0.15) is 24.7 Å². The van der Waals surface area contributed by atoms with Crippen molar-refractivity contribution in [1.29, 1.82) is 0 Å². The zero-order chi connectivity index (χ0) is 13.0. The highest BCUT2D eigenvalue weighted by Crippen LogP contribution is 2.16. The number of nitrogens with zero attached hydrogens (tertiary/aromatic N) is 2. The van der Waals surface area contributed by atoms with E-state index < -0.39 is 0 Å². The zero-order valence-corrected chi connectivity index (χ0v) is 11.5. The number of carbonyl (C=O) groups excluding carboxylic acids is 1. The van der Waals surface area contributed by atoms with E-state index in [2.05, 4.69) is 20.0 Å². The molecule has 0 bridgehead atoms. The monoisotopic (exact) mass is 266 g/mol. The SMILES string of the molecule is CCNC(=O)CCNCc1c(C)nc2sccn12. The molecular formula is C12H18N4OS. The lowest BCUT2D eigenvalue weighted by Crippen LogP contribution is -2.27. The lowest BCUT2D eigenvalue weighted by Gasteiger charge is -2.05. The fourth-order valence-corrected chi connectivity index (χ4v) is 2.63. The second-order valence-corrected chi connectivity index (χ2v) is 4.95. The van der Waals surface area contributed by atoms with Crippen molar-refractivity contribution in [2.24, 2.45) is 0 Å². The lowest BCUT2D eigenvalue weighted by molar-refractivity contribution is -0.120. The molecular weight excluding hydrogens is 248 g/mol. The van der Waals surface area contributed by atoms with Crippen LogP contribution in [-0.4, -0.2) is 28.4 Å². The summed E-state index contributed by atoms with van der Waals surface area (Å²) in [6.45, 7) is 6.05. The quantitative estimate of drug-likeness (QED) is 0.775. The molecule has 0 aliphatic heterocycles. The molecule has 2 rings (SSSR count). The Morgan fingerprint density at radius 2 is 2.39 bits per heavy atom. The fourth-order valence-electron chi connectivity index (χ4n) is 1.85. The van der Waals surface area contributed by atoms with Crippen molar-refractivity contribution < 1.29 is 4.79 Å². The molecule has 18 heavy (non-hydrogen) atoms. The number of amides is 1. The van der Waals surface area contributed by atoms with Crippen LogP contribution in [0.25, 0.3) is 4.96 Å². The van der Waals surface area contributed by atoms with Gasteiger partial charge in [0.1, 0.15) is 0 Å². The first-order chi connectivity index (χ1) is 8.72. The van der Waals surface area contributed by atoms with Crippen LogP contribution in [-0.2, 0) is 11.3 Å². The zero-order valence-electron chi connectivity index (χ0n) is 10.7. The molecule has 0 atom stereocenters. The summed E-state index contributed by atoms with van der Waals surface area (Å²) in [6, 6.07) is 0. The number of aromatic nitrogens is 2. The maximum absolute atomic E-state index is 11.3. The summed E-state index contributed by atoms with van der Waals surface area (Å²) in [7, 11) is 0. The van der Waals surface area contributed by atoms with Crippen LogP contribution in [0.4, 0.5) is 0 Å². The molecule has 6 heteroatoms. The summed E-state index contributed by atoms with van der Waals surface area (Å²) in [5, 5.41) is 8.09. The van der Waals surface area contributed by atoms with Crippen LogP contribution in [0, 0.1) is 6.92 Å². The average molecular weight is 266 g/mol. The molecule has 0 spiro atoms. The molecule has 0 fully saturated rings. The number of imidazole rings is 1. The number of fused-ring (bicyclic) bond motifs is 1. The molecule has 2 heterocycles. The van der Waals surface area contributed by atoms with Crippen LogP contribution in [0.15, 0.2) is 11.6 Å². The van der Waals surface area contributed by atoms with Gasteiger partial charge in [0.25, 0.3) is 0 Å². The fraction of sp³-hybridized carbons (Fsp3) is 0.500. The minimum absolute atomic E-state index is 0.0932. The van der Waals surface area contributed by atoms with Crippen molar-refractivity contribution >= 4 is 22.2 Å². The molecule has 0 radical (unpaired) electrons. The van der Waals surface area contributed by atoms with E-state index in [9.17, 15) is 4.79 Å². The van der Waals surface area contributed by atoms with E-state index in [4.69, 9.17) is 0 Å². The van der Waals surface area contributed by atoms with Crippen molar-refractivity contribution in [3.8, 4) is 0 Å². The maximum Gasteiger partial charge on any atom is 0.221 e. The molecule has 0 aliphatic rings. The third kappa shape index (κ3) is 2.88. The largest absolute Gasteiger partial charge is 0.356 e. The van der Waals surface area contributed by atoms with Gasteiger partial charge >= 0.3 is 0 Å². The third-order valence-electron chi connectivity index (χ3n) is 2.76. The molecule has 0 saturated carbocycles. The Morgan fingerprint density at radius 1 is 1.56 bits per heavy atom. The predicted octanol–water partition coefficient (Wildman–Crippen LogP) is 1.32. The van der Waals surface area contributed by atoms with Crippen LogP contribution in [0.5, 0.6) is 0 Å². The molecule has 0 saturated heterocycles. The Hall–Kier alpha value is -1.40. The summed E-state index contributed by atoms with van der Waals surface area (Å²) >= 11 is 1.63. The molecule has 0 aliphatic carbocycles. The van der Waals surface area contributed by atoms with E-state index in [0.717, 1.165) is 17.2 Å². The maximum atomic E-state index is 11.3. The first-order valence-corrected chi connectivity index (χ1v) is 6.98. The van der Waals surface area contributed by atoms with Gasteiger partial charge in [-0.05, 0) is 13.8 Å².